The van der Waals surface area contributed by atoms with Crippen LogP contribution in [0.5, 0.6) is 17.2 Å². The van der Waals surface area contributed by atoms with E-state index in [-0.39, 0.29) is 22.3 Å². The lowest BCUT2D eigenvalue weighted by molar-refractivity contribution is -0.136. The van der Waals surface area contributed by atoms with E-state index in [9.17, 15) is 17.7 Å². The summed E-state index contributed by atoms with van der Waals surface area (Å²) in [5.74, 6) is -0.397. The van der Waals surface area contributed by atoms with Gasteiger partial charge in [0, 0.05) is 5.56 Å². The van der Waals surface area contributed by atoms with Crippen LogP contribution in [-0.4, -0.2) is 11.7 Å². The Kier molecular flexibility index (Phi) is 9.91. The number of hydrogen-bond donors (Lipinski definition) is 2. The van der Waals surface area contributed by atoms with Crippen molar-refractivity contribution in [2.24, 2.45) is 0 Å². The molecule has 0 aliphatic heterocycles. The number of alkyl halides is 3. The average molecular weight is 601 g/mol. The summed E-state index contributed by atoms with van der Waals surface area (Å²) >= 11 is 5.46. The molecule has 2 N–H and O–H groups in total. The van der Waals surface area contributed by atoms with Gasteiger partial charge in [0.15, 0.2) is 10.9 Å². The second-order valence-electron chi connectivity index (χ2n) is 8.78. The third-order valence-corrected chi connectivity index (χ3v) is 7.88. The highest BCUT2D eigenvalue weighted by Gasteiger charge is 2.43. The molecule has 4 rings (SSSR count). The molecule has 1 atom stereocenters. The maximum Gasteiger partial charge on any atom is 0.457 e. The number of nitrogens with one attached hydrogen (secondary N) is 2. The van der Waals surface area contributed by atoms with Gasteiger partial charge in [0.05, 0.1) is 17.9 Å². The third kappa shape index (κ3) is 8.02. The number of benzene rings is 4. The lowest BCUT2D eigenvalue weighted by atomic mass is 10.1. The molecule has 0 aliphatic carbocycles. The van der Waals surface area contributed by atoms with E-state index >= 15 is 0 Å². The normalized spacial score (nSPS) is 12.2. The summed E-state index contributed by atoms with van der Waals surface area (Å²) in [5.41, 5.74) is -0.796. The molecule has 4 aromatic rings. The summed E-state index contributed by atoms with van der Waals surface area (Å²) in [4.78, 5) is 0. The molecule has 0 radical (unpaired) electrons. The first-order valence-corrected chi connectivity index (χ1v) is 14.8. The fraction of sp³-hybridized carbons (Fsp3) is 0.167. The van der Waals surface area contributed by atoms with Crippen molar-refractivity contribution >= 4 is 30.6 Å². The highest BCUT2D eigenvalue weighted by Crippen LogP contribution is 2.60. The van der Waals surface area contributed by atoms with Crippen LogP contribution in [0.2, 0.25) is 0 Å². The van der Waals surface area contributed by atoms with E-state index in [4.69, 9.17) is 26.0 Å². The molecule has 0 aliphatic rings. The van der Waals surface area contributed by atoms with Crippen LogP contribution in [0.4, 0.5) is 18.9 Å². The Morgan fingerprint density at radius 2 is 1.37 bits per heavy atom. The summed E-state index contributed by atoms with van der Waals surface area (Å²) < 4.78 is 73.9. The molecule has 0 amide bonds. The molecule has 0 saturated carbocycles. The van der Waals surface area contributed by atoms with Crippen LogP contribution in [0.25, 0.3) is 0 Å². The van der Waals surface area contributed by atoms with E-state index in [2.05, 4.69) is 10.6 Å². The molecular weight excluding hydrogens is 572 g/mol. The summed E-state index contributed by atoms with van der Waals surface area (Å²) in [6, 6.07) is 28.6. The fourth-order valence-electron chi connectivity index (χ4n) is 3.88. The van der Waals surface area contributed by atoms with Gasteiger partial charge in [0.1, 0.15) is 17.2 Å². The molecule has 41 heavy (non-hydrogen) atoms. The fourth-order valence-corrected chi connectivity index (χ4v) is 6.12. The molecule has 11 heteroatoms. The molecule has 4 aromatic carbocycles. The van der Waals surface area contributed by atoms with Crippen LogP contribution >= 0.6 is 19.8 Å². The van der Waals surface area contributed by atoms with Gasteiger partial charge < -0.3 is 24.4 Å². The van der Waals surface area contributed by atoms with Crippen molar-refractivity contribution in [3.05, 3.63) is 120 Å². The Bertz CT molecular complexity index is 1440. The van der Waals surface area contributed by atoms with Crippen molar-refractivity contribution in [3.8, 4) is 17.2 Å². The molecule has 0 heterocycles. The van der Waals surface area contributed by atoms with Gasteiger partial charge in [-0.15, -0.1) is 0 Å². The Morgan fingerprint density at radius 3 is 1.95 bits per heavy atom. The van der Waals surface area contributed by atoms with Gasteiger partial charge in [-0.3, -0.25) is 0 Å². The van der Waals surface area contributed by atoms with E-state index in [1.54, 1.807) is 84.9 Å². The summed E-state index contributed by atoms with van der Waals surface area (Å²) in [6.45, 7) is 2.31. The number of ether oxygens (including phenoxy) is 1. The lowest BCUT2D eigenvalue weighted by Gasteiger charge is -2.30. The van der Waals surface area contributed by atoms with Crippen molar-refractivity contribution in [3.63, 3.8) is 0 Å². The smallest absolute Gasteiger partial charge is 0.457 e. The van der Waals surface area contributed by atoms with Crippen molar-refractivity contribution in [1.29, 1.82) is 0 Å². The van der Waals surface area contributed by atoms with Crippen molar-refractivity contribution < 1.29 is 31.5 Å². The predicted octanol–water partition coefficient (Wildman–Crippen LogP) is 8.83. The molecule has 214 valence electrons. The third-order valence-electron chi connectivity index (χ3n) is 5.69. The monoisotopic (exact) mass is 600 g/mol. The highest BCUT2D eigenvalue weighted by molar-refractivity contribution is 7.80. The van der Waals surface area contributed by atoms with Crippen LogP contribution in [-0.2, 0) is 10.7 Å². The number of hydrogen-bond acceptors (Lipinski definition) is 5. The van der Waals surface area contributed by atoms with Gasteiger partial charge in [-0.05, 0) is 61.1 Å². The molecule has 0 spiro atoms. The Hall–Kier alpha value is -4.01. The first-order chi connectivity index (χ1) is 19.7. The zero-order valence-electron chi connectivity index (χ0n) is 22.0. The van der Waals surface area contributed by atoms with Crippen molar-refractivity contribution in [2.45, 2.75) is 25.3 Å². The van der Waals surface area contributed by atoms with E-state index in [1.165, 1.54) is 18.2 Å². The minimum atomic E-state index is -4.62. The quantitative estimate of drug-likeness (QED) is 0.132. The van der Waals surface area contributed by atoms with Crippen LogP contribution in [0.3, 0.4) is 0 Å². The van der Waals surface area contributed by atoms with Crippen molar-refractivity contribution in [2.75, 3.05) is 11.9 Å². The van der Waals surface area contributed by atoms with E-state index in [0.717, 1.165) is 6.07 Å². The molecule has 0 fully saturated rings. The summed E-state index contributed by atoms with van der Waals surface area (Å²) in [6.07, 6.45) is -3.92. The molecule has 1 unspecified atom stereocenters. The number of thiocarbonyl (C=S) groups is 1. The summed E-state index contributed by atoms with van der Waals surface area (Å²) in [5, 5.41) is 5.29. The van der Waals surface area contributed by atoms with Crippen LogP contribution < -0.4 is 24.4 Å². The van der Waals surface area contributed by atoms with Gasteiger partial charge in [-0.25, -0.2) is 4.57 Å². The molecule has 0 saturated heterocycles. The average Bonchev–Trinajstić information content (AvgIpc) is 2.96. The zero-order chi connectivity index (χ0) is 29.3. The maximum atomic E-state index is 14.9. The Balaban J connectivity index is 1.79. The zero-order valence-corrected chi connectivity index (χ0v) is 23.7. The van der Waals surface area contributed by atoms with Gasteiger partial charge >= 0.3 is 13.8 Å². The van der Waals surface area contributed by atoms with E-state index in [1.807, 2.05) is 6.92 Å². The highest BCUT2D eigenvalue weighted by atomic mass is 32.1. The van der Waals surface area contributed by atoms with Gasteiger partial charge in [-0.1, -0.05) is 73.7 Å². The van der Waals surface area contributed by atoms with Gasteiger partial charge in [0.2, 0.25) is 0 Å². The molecule has 0 bridgehead atoms. The minimum absolute atomic E-state index is 0.231. The number of anilines is 1. The van der Waals surface area contributed by atoms with E-state index < -0.39 is 25.1 Å². The minimum Gasteiger partial charge on any atom is -0.493 e. The second-order valence-corrected chi connectivity index (χ2v) is 11.1. The molecular formula is C30H28F3N2O4PS. The SMILES string of the molecule is CCCOc1ccccc1C(NC(=S)Nc1ccccc1C(F)(F)F)P(=O)(Oc1ccccc1)Oc1ccccc1. The number of halogens is 3. The Morgan fingerprint density at radius 1 is 0.829 bits per heavy atom. The first-order valence-electron chi connectivity index (χ1n) is 12.7. The second kappa shape index (κ2) is 13.6. The lowest BCUT2D eigenvalue weighted by Crippen LogP contribution is -2.35. The van der Waals surface area contributed by atoms with Crippen LogP contribution in [0.1, 0.15) is 30.3 Å². The predicted molar refractivity (Wildman–Crippen MR) is 158 cm³/mol. The number of para-hydroxylation sites is 4. The van der Waals surface area contributed by atoms with Gasteiger partial charge in [0.25, 0.3) is 0 Å². The first kappa shape index (κ1) is 30.0. The van der Waals surface area contributed by atoms with Crippen LogP contribution in [0.15, 0.2) is 109 Å². The topological polar surface area (TPSA) is 68.8 Å². The standard InChI is InChI=1S/C30H28F3N2O4PS/c1-2-21-37-27-20-12-9-17-24(27)28(35-29(41)34-26-19-11-10-18-25(26)30(31,32)33)40(36,38-22-13-5-3-6-14-22)39-23-15-7-4-8-16-23/h3-20,28H,2,21H2,1H3,(H2,34,35,41). The molecule has 0 aromatic heterocycles. The van der Waals surface area contributed by atoms with E-state index in [0.29, 0.717) is 24.3 Å². The largest absolute Gasteiger partial charge is 0.493 e. The molecule has 6 nitrogen and oxygen atoms in total. The maximum absolute atomic E-state index is 14.9. The summed E-state index contributed by atoms with van der Waals surface area (Å²) in [7, 11) is -4.30. The van der Waals surface area contributed by atoms with Crippen molar-refractivity contribution in [1.82, 2.24) is 5.32 Å². The van der Waals surface area contributed by atoms with Crippen LogP contribution in [0, 0.1) is 0 Å². The number of rotatable bonds is 11. The van der Waals surface area contributed by atoms with Gasteiger partial charge in [-0.2, -0.15) is 13.2 Å². The Labute approximate surface area is 242 Å².